The Kier molecular flexibility index (Phi) is 4.09. The number of nitrogens with two attached hydrogens (primary N) is 1. The van der Waals surface area contributed by atoms with Crippen LogP contribution in [-0.4, -0.2) is 26.7 Å². The van der Waals surface area contributed by atoms with Crippen molar-refractivity contribution in [3.05, 3.63) is 23.3 Å². The van der Waals surface area contributed by atoms with Crippen molar-refractivity contribution in [2.24, 2.45) is 5.41 Å². The lowest BCUT2D eigenvalue weighted by Crippen LogP contribution is -2.31. The molecule has 0 bridgehead atoms. The van der Waals surface area contributed by atoms with Gasteiger partial charge in [-0.1, -0.05) is 12.1 Å². The van der Waals surface area contributed by atoms with Gasteiger partial charge < -0.3 is 10.8 Å². The number of hydrogen-bond donors (Lipinski definition) is 3. The maximum atomic E-state index is 12.5. The van der Waals surface area contributed by atoms with Crippen molar-refractivity contribution in [3.8, 4) is 0 Å². The predicted molar refractivity (Wildman–Crippen MR) is 78.9 cm³/mol. The fraction of sp³-hybridized carbons (Fsp3) is 0.571. The van der Waals surface area contributed by atoms with Gasteiger partial charge in [-0.3, -0.25) is 0 Å². The van der Waals surface area contributed by atoms with Crippen LogP contribution in [0.3, 0.4) is 0 Å². The van der Waals surface area contributed by atoms with E-state index in [2.05, 4.69) is 4.72 Å². The van der Waals surface area contributed by atoms with Gasteiger partial charge in [0.2, 0.25) is 10.0 Å². The lowest BCUT2D eigenvalue weighted by Gasteiger charge is -2.17. The summed E-state index contributed by atoms with van der Waals surface area (Å²) in [5, 5.41) is 9.02. The molecule has 0 unspecified atom stereocenters. The van der Waals surface area contributed by atoms with Gasteiger partial charge in [0.15, 0.2) is 0 Å². The summed E-state index contributed by atoms with van der Waals surface area (Å²) in [6, 6.07) is 3.58. The molecule has 1 saturated carbocycles. The van der Waals surface area contributed by atoms with Gasteiger partial charge in [0, 0.05) is 13.2 Å². The Hall–Kier alpha value is -1.11. The normalized spacial score (nSPS) is 17.1. The largest absolute Gasteiger partial charge is 0.397 e. The van der Waals surface area contributed by atoms with E-state index in [1.165, 1.54) is 0 Å². The lowest BCUT2D eigenvalue weighted by atomic mass is 10.0. The number of nitrogen functional groups attached to an aromatic ring is 1. The zero-order chi connectivity index (χ0) is 15.0. The molecule has 0 amide bonds. The molecule has 112 valence electrons. The molecule has 1 aliphatic carbocycles. The highest BCUT2D eigenvalue weighted by Gasteiger charge is 2.42. The highest BCUT2D eigenvalue weighted by Crippen LogP contribution is 2.48. The molecule has 2 rings (SSSR count). The number of rotatable bonds is 6. The Labute approximate surface area is 120 Å². The van der Waals surface area contributed by atoms with Crippen LogP contribution in [0.25, 0.3) is 0 Å². The van der Waals surface area contributed by atoms with E-state index >= 15 is 0 Å². The molecular weight excluding hydrogens is 276 g/mol. The van der Waals surface area contributed by atoms with E-state index in [0.29, 0.717) is 24.2 Å². The maximum absolute atomic E-state index is 12.5. The Balaban J connectivity index is 2.21. The topological polar surface area (TPSA) is 92.4 Å². The Morgan fingerprint density at radius 1 is 1.30 bits per heavy atom. The van der Waals surface area contributed by atoms with E-state index in [4.69, 9.17) is 10.8 Å². The van der Waals surface area contributed by atoms with Crippen molar-refractivity contribution in [2.45, 2.75) is 38.0 Å². The number of aliphatic hydroxyl groups excluding tert-OH is 1. The number of hydrogen-bond acceptors (Lipinski definition) is 4. The summed E-state index contributed by atoms with van der Waals surface area (Å²) >= 11 is 0. The second-order valence-corrected chi connectivity index (χ2v) is 7.44. The monoisotopic (exact) mass is 298 g/mol. The smallest absolute Gasteiger partial charge is 0.242 e. The minimum atomic E-state index is -3.61. The molecule has 0 atom stereocenters. The van der Waals surface area contributed by atoms with Crippen molar-refractivity contribution >= 4 is 15.7 Å². The second kappa shape index (κ2) is 5.35. The first-order valence-electron chi connectivity index (χ1n) is 6.77. The van der Waals surface area contributed by atoms with Crippen molar-refractivity contribution in [2.75, 3.05) is 18.9 Å². The highest BCUT2D eigenvalue weighted by atomic mass is 32.2. The summed E-state index contributed by atoms with van der Waals surface area (Å²) in [5.41, 5.74) is 7.58. The van der Waals surface area contributed by atoms with Gasteiger partial charge in [-0.15, -0.1) is 0 Å². The van der Waals surface area contributed by atoms with Crippen LogP contribution in [0.15, 0.2) is 17.0 Å². The molecule has 0 aromatic heterocycles. The van der Waals surface area contributed by atoms with Gasteiger partial charge >= 0.3 is 0 Å². The van der Waals surface area contributed by atoms with Crippen molar-refractivity contribution < 1.29 is 13.5 Å². The van der Waals surface area contributed by atoms with Crippen LogP contribution < -0.4 is 10.5 Å². The maximum Gasteiger partial charge on any atom is 0.242 e. The molecule has 0 spiro atoms. The van der Waals surface area contributed by atoms with E-state index in [9.17, 15) is 8.42 Å². The second-order valence-electron chi connectivity index (χ2n) is 5.74. The molecule has 0 radical (unpaired) electrons. The number of aryl methyl sites for hydroxylation is 2. The molecular formula is C14H22N2O3S. The van der Waals surface area contributed by atoms with Crippen LogP contribution in [0.5, 0.6) is 0 Å². The molecule has 0 saturated heterocycles. The van der Waals surface area contributed by atoms with Crippen LogP contribution in [0, 0.1) is 19.3 Å². The van der Waals surface area contributed by atoms with E-state index in [1.807, 2.05) is 6.07 Å². The predicted octanol–water partition coefficient (Wildman–Crippen LogP) is 1.33. The Bertz CT molecular complexity index is 607. The van der Waals surface area contributed by atoms with Crippen LogP contribution in [0.1, 0.15) is 30.4 Å². The van der Waals surface area contributed by atoms with Crippen molar-refractivity contribution in [3.63, 3.8) is 0 Å². The van der Waals surface area contributed by atoms with Crippen LogP contribution in [-0.2, 0) is 10.0 Å². The summed E-state index contributed by atoms with van der Waals surface area (Å²) in [6.07, 6.45) is 2.55. The lowest BCUT2D eigenvalue weighted by molar-refractivity contribution is 0.249. The van der Waals surface area contributed by atoms with Gasteiger partial charge in [-0.25, -0.2) is 13.1 Å². The summed E-state index contributed by atoms with van der Waals surface area (Å²) in [6.45, 7) is 3.99. The van der Waals surface area contributed by atoms with E-state index < -0.39 is 10.0 Å². The first kappa shape index (κ1) is 15.3. The SMILES string of the molecule is Cc1ccc(C)c(S(=O)(=O)NCC2(CCO)CC2)c1N. The van der Waals surface area contributed by atoms with Gasteiger partial charge in [-0.05, 0) is 49.7 Å². The average molecular weight is 298 g/mol. The van der Waals surface area contributed by atoms with Gasteiger partial charge in [-0.2, -0.15) is 0 Å². The number of benzene rings is 1. The fourth-order valence-electron chi connectivity index (χ4n) is 2.41. The minimum Gasteiger partial charge on any atom is -0.397 e. The molecule has 4 N–H and O–H groups in total. The van der Waals surface area contributed by atoms with Crippen molar-refractivity contribution in [1.82, 2.24) is 4.72 Å². The molecule has 1 fully saturated rings. The molecule has 0 heterocycles. The minimum absolute atomic E-state index is 0.0612. The third kappa shape index (κ3) is 2.97. The third-order valence-corrected chi connectivity index (χ3v) is 5.72. The average Bonchev–Trinajstić information content (AvgIpc) is 3.13. The molecule has 1 aromatic carbocycles. The highest BCUT2D eigenvalue weighted by molar-refractivity contribution is 7.89. The van der Waals surface area contributed by atoms with Crippen LogP contribution >= 0.6 is 0 Å². The van der Waals surface area contributed by atoms with Gasteiger partial charge in [0.1, 0.15) is 4.90 Å². The van der Waals surface area contributed by atoms with E-state index in [1.54, 1.807) is 19.9 Å². The molecule has 20 heavy (non-hydrogen) atoms. The van der Waals surface area contributed by atoms with Gasteiger partial charge in [0.05, 0.1) is 5.69 Å². The standard InChI is InChI=1S/C14H22N2O3S/c1-10-3-4-11(2)13(12(10)15)20(18,19)16-9-14(5-6-14)7-8-17/h3-4,16-17H,5-9,15H2,1-2H3. The third-order valence-electron chi connectivity index (χ3n) is 4.12. The molecule has 1 aliphatic rings. The van der Waals surface area contributed by atoms with E-state index in [-0.39, 0.29) is 16.9 Å². The number of aliphatic hydroxyl groups is 1. The van der Waals surface area contributed by atoms with Crippen molar-refractivity contribution in [1.29, 1.82) is 0 Å². The summed E-state index contributed by atoms with van der Waals surface area (Å²) in [7, 11) is -3.61. The zero-order valence-electron chi connectivity index (χ0n) is 11.9. The number of sulfonamides is 1. The fourth-order valence-corrected chi connectivity index (χ4v) is 4.00. The van der Waals surface area contributed by atoms with E-state index in [0.717, 1.165) is 18.4 Å². The molecule has 1 aromatic rings. The summed E-state index contributed by atoms with van der Waals surface area (Å²) < 4.78 is 27.6. The Morgan fingerprint density at radius 3 is 2.45 bits per heavy atom. The quantitative estimate of drug-likeness (QED) is 0.691. The first-order valence-corrected chi connectivity index (χ1v) is 8.26. The molecule has 6 heteroatoms. The van der Waals surface area contributed by atoms with Gasteiger partial charge in [0.25, 0.3) is 0 Å². The molecule has 0 aliphatic heterocycles. The summed E-state index contributed by atoms with van der Waals surface area (Å²) in [5.74, 6) is 0. The Morgan fingerprint density at radius 2 is 1.90 bits per heavy atom. The van der Waals surface area contributed by atoms with Crippen LogP contribution in [0.2, 0.25) is 0 Å². The first-order chi connectivity index (χ1) is 9.31. The summed E-state index contributed by atoms with van der Waals surface area (Å²) in [4.78, 5) is 0.178. The number of nitrogens with one attached hydrogen (secondary N) is 1. The van der Waals surface area contributed by atoms with Crippen LogP contribution in [0.4, 0.5) is 5.69 Å². The zero-order valence-corrected chi connectivity index (χ0v) is 12.8. The number of anilines is 1. The molecule has 5 nitrogen and oxygen atoms in total.